The highest BCUT2D eigenvalue weighted by atomic mass is 32.2. The maximum Gasteiger partial charge on any atom is 0.339 e. The Labute approximate surface area is 163 Å². The molecule has 4 rings (SSSR count). The fraction of sp³-hybridized carbons (Fsp3) is 0.100. The molecule has 0 atom stereocenters. The van der Waals surface area contributed by atoms with E-state index in [1.54, 1.807) is 0 Å². The molecule has 0 spiro atoms. The van der Waals surface area contributed by atoms with Crippen LogP contribution in [0.15, 0.2) is 67.4 Å². The van der Waals surface area contributed by atoms with Crippen molar-refractivity contribution in [3.63, 3.8) is 0 Å². The van der Waals surface area contributed by atoms with E-state index in [0.717, 1.165) is 12.3 Å². The van der Waals surface area contributed by atoms with Crippen molar-refractivity contribution in [3.05, 3.63) is 80.7 Å². The third-order valence-corrected chi connectivity index (χ3v) is 5.70. The summed E-state index contributed by atoms with van der Waals surface area (Å²) < 4.78 is 43.6. The molecule has 2 aromatic carbocycles. The summed E-state index contributed by atoms with van der Waals surface area (Å²) in [6.07, 6.45) is 1.03. The van der Waals surface area contributed by atoms with Gasteiger partial charge < -0.3 is 14.1 Å². The number of hydrogen-bond acceptors (Lipinski definition) is 6. The Morgan fingerprint density at radius 2 is 1.76 bits per heavy atom. The molecule has 1 N–H and O–H groups in total. The lowest BCUT2D eigenvalue weighted by molar-refractivity contribution is 0.467. The van der Waals surface area contributed by atoms with Gasteiger partial charge in [0.05, 0.1) is 23.0 Å². The highest BCUT2D eigenvalue weighted by molar-refractivity contribution is 7.90. The molecule has 148 valence electrons. The summed E-state index contributed by atoms with van der Waals surface area (Å²) in [5.41, 5.74) is -0.802. The zero-order chi connectivity index (χ0) is 20.9. The van der Waals surface area contributed by atoms with E-state index in [4.69, 9.17) is 4.42 Å². The summed E-state index contributed by atoms with van der Waals surface area (Å²) in [5.74, 6) is -0.998. The van der Waals surface area contributed by atoms with Crippen LogP contribution in [0.2, 0.25) is 0 Å². The molecule has 2 aromatic heterocycles. The van der Waals surface area contributed by atoms with Crippen LogP contribution in [-0.4, -0.2) is 24.3 Å². The summed E-state index contributed by atoms with van der Waals surface area (Å²) in [7, 11) is -3.58. The van der Waals surface area contributed by atoms with Crippen LogP contribution in [0.4, 0.5) is 4.39 Å². The number of fused-ring (bicyclic) bond motifs is 3. The van der Waals surface area contributed by atoms with E-state index in [1.807, 2.05) is 0 Å². The van der Waals surface area contributed by atoms with E-state index in [-0.39, 0.29) is 27.8 Å². The Morgan fingerprint density at radius 3 is 2.41 bits per heavy atom. The molecule has 2 heterocycles. The largest absolute Gasteiger partial charge is 0.507 e. The van der Waals surface area contributed by atoms with Gasteiger partial charge >= 0.3 is 5.63 Å². The van der Waals surface area contributed by atoms with E-state index in [0.29, 0.717) is 11.1 Å². The second-order valence-corrected chi connectivity index (χ2v) is 8.64. The Hall–Kier alpha value is -3.46. The lowest BCUT2D eigenvalue weighted by Crippen LogP contribution is -2.22. The smallest absolute Gasteiger partial charge is 0.339 e. The Kier molecular flexibility index (Phi) is 4.27. The molecule has 0 saturated carbocycles. The molecular formula is C20H14FNO6S. The van der Waals surface area contributed by atoms with Crippen LogP contribution in [0.25, 0.3) is 21.9 Å². The summed E-state index contributed by atoms with van der Waals surface area (Å²) in [4.78, 5) is 24.8. The van der Waals surface area contributed by atoms with Gasteiger partial charge in [0, 0.05) is 11.6 Å². The van der Waals surface area contributed by atoms with E-state index in [1.165, 1.54) is 47.0 Å². The predicted molar refractivity (Wildman–Crippen MR) is 105 cm³/mol. The van der Waals surface area contributed by atoms with Crippen molar-refractivity contribution in [1.29, 1.82) is 0 Å². The molecule has 29 heavy (non-hydrogen) atoms. The Bertz CT molecular complexity index is 1500. The van der Waals surface area contributed by atoms with E-state index < -0.39 is 32.6 Å². The molecule has 0 bridgehead atoms. The third-order valence-electron chi connectivity index (χ3n) is 4.58. The van der Waals surface area contributed by atoms with Crippen LogP contribution in [0.1, 0.15) is 5.56 Å². The maximum absolute atomic E-state index is 13.2. The molecule has 0 amide bonds. The predicted octanol–water partition coefficient (Wildman–Crippen LogP) is 2.40. The molecule has 0 fully saturated rings. The van der Waals surface area contributed by atoms with Gasteiger partial charge in [0.1, 0.15) is 17.0 Å². The normalized spacial score (nSPS) is 11.9. The van der Waals surface area contributed by atoms with Crippen molar-refractivity contribution >= 4 is 31.7 Å². The summed E-state index contributed by atoms with van der Waals surface area (Å²) in [6.45, 7) is 0.0301. The van der Waals surface area contributed by atoms with Crippen LogP contribution >= 0.6 is 0 Å². The molecule has 7 nitrogen and oxygen atoms in total. The number of aromatic hydroxyl groups is 1. The highest BCUT2D eigenvalue weighted by Gasteiger charge is 2.19. The lowest BCUT2D eigenvalue weighted by Gasteiger charge is -2.14. The third kappa shape index (κ3) is 3.29. The fourth-order valence-corrected chi connectivity index (χ4v) is 3.86. The van der Waals surface area contributed by atoms with Crippen molar-refractivity contribution in [2.24, 2.45) is 0 Å². The van der Waals surface area contributed by atoms with Crippen LogP contribution in [0.3, 0.4) is 0 Å². The van der Waals surface area contributed by atoms with Gasteiger partial charge in [-0.15, -0.1) is 0 Å². The van der Waals surface area contributed by atoms with Crippen molar-refractivity contribution in [1.82, 2.24) is 4.57 Å². The van der Waals surface area contributed by atoms with Gasteiger partial charge in [0.15, 0.2) is 15.4 Å². The van der Waals surface area contributed by atoms with Crippen LogP contribution in [0, 0.1) is 5.82 Å². The molecule has 0 aliphatic rings. The molecule has 9 heteroatoms. The first-order valence-corrected chi connectivity index (χ1v) is 10.3. The van der Waals surface area contributed by atoms with Crippen LogP contribution < -0.4 is 11.2 Å². The summed E-state index contributed by atoms with van der Waals surface area (Å²) in [5, 5.41) is 10.1. The minimum atomic E-state index is -3.58. The quantitative estimate of drug-likeness (QED) is 0.515. The number of rotatable bonds is 3. The number of sulfone groups is 1. The number of aromatic nitrogens is 1. The molecule has 0 saturated heterocycles. The molecule has 0 aliphatic carbocycles. The van der Waals surface area contributed by atoms with Crippen LogP contribution in [-0.2, 0) is 16.4 Å². The Morgan fingerprint density at radius 1 is 1.07 bits per heavy atom. The summed E-state index contributed by atoms with van der Waals surface area (Å²) >= 11 is 0. The number of hydrogen-bond donors (Lipinski definition) is 1. The molecule has 0 unspecified atom stereocenters. The van der Waals surface area contributed by atoms with Gasteiger partial charge in [-0.25, -0.2) is 17.6 Å². The zero-order valence-electron chi connectivity index (χ0n) is 15.0. The maximum atomic E-state index is 13.2. The number of halogens is 1. The molecular weight excluding hydrogens is 401 g/mol. The topological polar surface area (TPSA) is 107 Å². The lowest BCUT2D eigenvalue weighted by atomic mass is 10.1. The first-order valence-electron chi connectivity index (χ1n) is 8.43. The van der Waals surface area contributed by atoms with Gasteiger partial charge in [-0.3, -0.25) is 4.79 Å². The van der Waals surface area contributed by atoms with E-state index >= 15 is 0 Å². The number of pyridine rings is 1. The van der Waals surface area contributed by atoms with Crippen molar-refractivity contribution in [2.45, 2.75) is 11.4 Å². The minimum Gasteiger partial charge on any atom is -0.507 e. The molecule has 4 aromatic rings. The zero-order valence-corrected chi connectivity index (χ0v) is 15.9. The average Bonchev–Trinajstić information content (AvgIpc) is 2.65. The Balaban J connectivity index is 2.14. The highest BCUT2D eigenvalue weighted by Crippen LogP contribution is 2.29. The molecule has 0 radical (unpaired) electrons. The second kappa shape index (κ2) is 6.56. The monoisotopic (exact) mass is 415 g/mol. The fourth-order valence-electron chi connectivity index (χ4n) is 3.21. The van der Waals surface area contributed by atoms with Crippen LogP contribution in [0.5, 0.6) is 5.75 Å². The van der Waals surface area contributed by atoms with Gasteiger partial charge in [-0.05, 0) is 35.9 Å². The van der Waals surface area contributed by atoms with Gasteiger partial charge in [0.25, 0.3) is 5.56 Å². The van der Waals surface area contributed by atoms with Gasteiger partial charge in [-0.2, -0.15) is 0 Å². The first-order chi connectivity index (χ1) is 13.6. The standard InChI is InChI=1S/C20H14FNO6S/c1-29(26,27)13-6-7-15-14(8-13)19-18(16(23)9-17(24)28-19)20(25)22(15)10-11-2-4-12(21)5-3-11/h2-9,23H,10H2,1H3. The van der Waals surface area contributed by atoms with Crippen molar-refractivity contribution in [2.75, 3.05) is 6.26 Å². The SMILES string of the molecule is CS(=O)(=O)c1ccc2c(c1)c1oc(=O)cc(O)c1c(=O)n2Cc1ccc(F)cc1. The second-order valence-electron chi connectivity index (χ2n) is 6.62. The average molecular weight is 415 g/mol. The minimum absolute atomic E-state index is 0.0301. The van der Waals surface area contributed by atoms with E-state index in [2.05, 4.69) is 0 Å². The van der Waals surface area contributed by atoms with E-state index in [9.17, 15) is 27.5 Å². The van der Waals surface area contributed by atoms with Gasteiger partial charge in [0.2, 0.25) is 0 Å². The first kappa shape index (κ1) is 18.9. The molecule has 0 aliphatic heterocycles. The summed E-state index contributed by atoms with van der Waals surface area (Å²) in [6, 6.07) is 10.4. The number of benzene rings is 2. The van der Waals surface area contributed by atoms with Crippen molar-refractivity contribution < 1.29 is 22.3 Å². The van der Waals surface area contributed by atoms with Crippen molar-refractivity contribution in [3.8, 4) is 5.75 Å². The number of nitrogens with zero attached hydrogens (tertiary/aromatic N) is 1. The van der Waals surface area contributed by atoms with Gasteiger partial charge in [-0.1, -0.05) is 12.1 Å².